The largest absolute Gasteiger partial charge is 0.408 e. The third-order valence-corrected chi connectivity index (χ3v) is 16.7. The monoisotopic (exact) mass is 264 g/mol. The molecule has 0 aliphatic carbocycles. The summed E-state index contributed by atoms with van der Waals surface area (Å²) in [4.78, 5) is 0. The molecule has 0 aliphatic rings. The van der Waals surface area contributed by atoms with Gasteiger partial charge < -0.3 is 4.43 Å². The molecule has 0 saturated heterocycles. The fourth-order valence-electron chi connectivity index (χ4n) is 1.60. The standard InChI is InChI=1S/C11H28OSSi2/c1-8-15(13,12-10(4)5)14-11(6,7)9(2)3/h9-10,13H,8,14H2,1-7H3. The van der Waals surface area contributed by atoms with Crippen molar-refractivity contribution in [2.45, 2.75) is 65.7 Å². The Morgan fingerprint density at radius 3 is 2.00 bits per heavy atom. The van der Waals surface area contributed by atoms with Crippen molar-refractivity contribution >= 4 is 28.1 Å². The molecule has 0 heterocycles. The molecule has 0 aliphatic heterocycles. The third-order valence-electron chi connectivity index (χ3n) is 3.30. The summed E-state index contributed by atoms with van der Waals surface area (Å²) in [5.74, 6) is 0.741. The van der Waals surface area contributed by atoms with Crippen molar-refractivity contribution in [2.75, 3.05) is 0 Å². The molecule has 4 heteroatoms. The molecule has 15 heavy (non-hydrogen) atoms. The SMILES string of the molecule is CC[Si](S)(OC(C)C)[SiH2]C(C)(C)C(C)C. The molecule has 0 rings (SSSR count). The van der Waals surface area contributed by atoms with Gasteiger partial charge in [0.1, 0.15) is 0 Å². The second-order valence-electron chi connectivity index (χ2n) is 5.79. The Balaban J connectivity index is 4.56. The lowest BCUT2D eigenvalue weighted by Crippen LogP contribution is -2.46. The summed E-state index contributed by atoms with van der Waals surface area (Å²) in [6, 6.07) is 1.15. The van der Waals surface area contributed by atoms with Crippen LogP contribution in [0.2, 0.25) is 11.1 Å². The predicted octanol–water partition coefficient (Wildman–Crippen LogP) is 3.32. The molecule has 1 unspecified atom stereocenters. The van der Waals surface area contributed by atoms with Gasteiger partial charge in [0.15, 0.2) is 0 Å². The highest BCUT2D eigenvalue weighted by Crippen LogP contribution is 2.37. The predicted molar refractivity (Wildman–Crippen MR) is 78.9 cm³/mol. The van der Waals surface area contributed by atoms with Crippen LogP contribution in [0.15, 0.2) is 0 Å². The molecule has 0 aromatic heterocycles. The van der Waals surface area contributed by atoms with E-state index >= 15 is 0 Å². The molecule has 1 atom stereocenters. The van der Waals surface area contributed by atoms with Crippen LogP contribution in [0.3, 0.4) is 0 Å². The summed E-state index contributed by atoms with van der Waals surface area (Å²) >= 11 is 4.92. The second kappa shape index (κ2) is 5.89. The van der Waals surface area contributed by atoms with E-state index in [0.29, 0.717) is 11.1 Å². The van der Waals surface area contributed by atoms with E-state index in [9.17, 15) is 0 Å². The van der Waals surface area contributed by atoms with Gasteiger partial charge in [0, 0.05) is 6.10 Å². The molecule has 0 fully saturated rings. The van der Waals surface area contributed by atoms with Gasteiger partial charge in [-0.25, -0.2) is 0 Å². The Labute approximate surface area is 104 Å². The number of thiol groups is 1. The van der Waals surface area contributed by atoms with E-state index in [1.807, 2.05) is 0 Å². The number of rotatable bonds is 6. The zero-order chi connectivity index (χ0) is 12.3. The van der Waals surface area contributed by atoms with Crippen LogP contribution in [-0.4, -0.2) is 22.1 Å². The summed E-state index contributed by atoms with van der Waals surface area (Å²) in [5.41, 5.74) is 0. The highest BCUT2D eigenvalue weighted by molar-refractivity contribution is 8.19. The van der Waals surface area contributed by atoms with Gasteiger partial charge in [-0.15, -0.1) is 0 Å². The Kier molecular flexibility index (Phi) is 6.18. The molecular formula is C11H28OSSi2. The lowest BCUT2D eigenvalue weighted by Gasteiger charge is -2.37. The molecule has 1 nitrogen and oxygen atoms in total. The van der Waals surface area contributed by atoms with Crippen molar-refractivity contribution in [1.82, 2.24) is 0 Å². The number of hydrogen-bond donors (Lipinski definition) is 1. The van der Waals surface area contributed by atoms with E-state index in [4.69, 9.17) is 16.5 Å². The van der Waals surface area contributed by atoms with E-state index in [-0.39, 0.29) is 9.04 Å². The van der Waals surface area contributed by atoms with Crippen LogP contribution in [0.5, 0.6) is 0 Å². The van der Waals surface area contributed by atoms with Gasteiger partial charge >= 0.3 is 0 Å². The van der Waals surface area contributed by atoms with Crippen molar-refractivity contribution in [3.05, 3.63) is 0 Å². The second-order valence-corrected chi connectivity index (χ2v) is 19.5. The van der Waals surface area contributed by atoms with Crippen LogP contribution in [0.4, 0.5) is 0 Å². The molecule has 0 spiro atoms. The highest BCUT2D eigenvalue weighted by Gasteiger charge is 2.38. The Hall–Kier alpha value is 0.744. The average Bonchev–Trinajstić information content (AvgIpc) is 2.01. The van der Waals surface area contributed by atoms with Crippen molar-refractivity contribution in [2.24, 2.45) is 5.92 Å². The van der Waals surface area contributed by atoms with Crippen molar-refractivity contribution < 1.29 is 4.43 Å². The van der Waals surface area contributed by atoms with E-state index in [1.165, 1.54) is 0 Å². The summed E-state index contributed by atoms with van der Waals surface area (Å²) in [7, 11) is -0.253. The van der Waals surface area contributed by atoms with Gasteiger partial charge in [-0.2, -0.15) is 12.1 Å². The summed E-state index contributed by atoms with van der Waals surface area (Å²) in [6.45, 7) is 14.3. The molecule has 0 saturated carbocycles. The van der Waals surface area contributed by atoms with Gasteiger partial charge in [-0.3, -0.25) is 0 Å². The zero-order valence-electron chi connectivity index (χ0n) is 11.4. The van der Waals surface area contributed by atoms with Gasteiger partial charge in [0.25, 0.3) is 0 Å². The number of hydrogen-bond acceptors (Lipinski definition) is 2. The smallest absolute Gasteiger partial charge is 0.228 e. The maximum Gasteiger partial charge on any atom is 0.228 e. The zero-order valence-corrected chi connectivity index (χ0v) is 14.7. The first-order valence-electron chi connectivity index (χ1n) is 6.03. The van der Waals surface area contributed by atoms with E-state index < -0.39 is 6.98 Å². The van der Waals surface area contributed by atoms with E-state index in [0.717, 1.165) is 12.0 Å². The normalized spacial score (nSPS) is 18.0. The third kappa shape index (κ3) is 5.56. The van der Waals surface area contributed by atoms with E-state index in [2.05, 4.69) is 48.5 Å². The van der Waals surface area contributed by atoms with Gasteiger partial charge in [0.2, 0.25) is 6.98 Å². The molecule has 0 aromatic carbocycles. The Morgan fingerprint density at radius 1 is 1.27 bits per heavy atom. The van der Waals surface area contributed by atoms with Gasteiger partial charge in [-0.05, 0) is 30.8 Å². The molecular weight excluding hydrogens is 236 g/mol. The Bertz CT molecular complexity index is 195. The maximum absolute atomic E-state index is 6.14. The molecule has 0 N–H and O–H groups in total. The molecule has 0 radical (unpaired) electrons. The summed E-state index contributed by atoms with van der Waals surface area (Å²) in [5, 5.41) is 0.471. The summed E-state index contributed by atoms with van der Waals surface area (Å²) < 4.78 is 6.14. The van der Waals surface area contributed by atoms with Crippen LogP contribution in [0.25, 0.3) is 0 Å². The minimum absolute atomic E-state index is 0.253. The average molecular weight is 265 g/mol. The maximum atomic E-state index is 6.14. The van der Waals surface area contributed by atoms with Crippen LogP contribution in [0, 0.1) is 5.92 Å². The van der Waals surface area contributed by atoms with Crippen LogP contribution < -0.4 is 0 Å². The molecule has 0 bridgehead atoms. The summed E-state index contributed by atoms with van der Waals surface area (Å²) in [6.07, 6.45) is 0.338. The van der Waals surface area contributed by atoms with Crippen molar-refractivity contribution in [1.29, 1.82) is 0 Å². The van der Waals surface area contributed by atoms with E-state index in [1.54, 1.807) is 0 Å². The van der Waals surface area contributed by atoms with Crippen LogP contribution in [-0.2, 0) is 4.43 Å². The topological polar surface area (TPSA) is 9.23 Å². The van der Waals surface area contributed by atoms with Gasteiger partial charge in [0.05, 0.1) is 9.04 Å². The van der Waals surface area contributed by atoms with Crippen molar-refractivity contribution in [3.8, 4) is 0 Å². The van der Waals surface area contributed by atoms with Crippen LogP contribution in [0.1, 0.15) is 48.5 Å². The van der Waals surface area contributed by atoms with Crippen molar-refractivity contribution in [3.63, 3.8) is 0 Å². The lowest BCUT2D eigenvalue weighted by molar-refractivity contribution is 0.246. The van der Waals surface area contributed by atoms with Crippen LogP contribution >= 0.6 is 12.1 Å². The molecule has 92 valence electrons. The first-order chi connectivity index (χ1) is 6.63. The highest BCUT2D eigenvalue weighted by atomic mass is 32.3. The molecule has 0 amide bonds. The minimum atomic E-state index is -1.65. The molecule has 0 aromatic rings. The Morgan fingerprint density at radius 2 is 1.73 bits per heavy atom. The fourth-order valence-corrected chi connectivity index (χ4v) is 16.6. The minimum Gasteiger partial charge on any atom is -0.408 e. The first-order valence-corrected chi connectivity index (χ1v) is 12.5. The lowest BCUT2D eigenvalue weighted by atomic mass is 9.99. The fraction of sp³-hybridized carbons (Fsp3) is 1.00. The van der Waals surface area contributed by atoms with Gasteiger partial charge in [-0.1, -0.05) is 34.6 Å². The quantitative estimate of drug-likeness (QED) is 0.572. The first kappa shape index (κ1) is 15.7.